The van der Waals surface area contributed by atoms with E-state index in [1.807, 2.05) is 23.5 Å². The summed E-state index contributed by atoms with van der Waals surface area (Å²) in [5.41, 5.74) is 0. The Hall–Kier alpha value is 1.08. The second-order valence-corrected chi connectivity index (χ2v) is 33.2. The molecule has 0 heterocycles. The third-order valence-electron chi connectivity index (χ3n) is 3.99. The Labute approximate surface area is 217 Å². The van der Waals surface area contributed by atoms with Gasteiger partial charge in [-0.05, 0) is 90.1 Å². The van der Waals surface area contributed by atoms with Crippen molar-refractivity contribution in [1.82, 2.24) is 0 Å². The highest BCUT2D eigenvalue weighted by molar-refractivity contribution is 8.17. The molecule has 0 aromatic rings. The molecule has 0 aromatic heterocycles. The SMILES string of the molecule is CCSC(SCC)[C@H](O[Si](C)(C)C)[C@@H](O[Si](C)(C)C)[C@@H](O[Si](C)(C)C)[C@@H](C=O)O[Si](C)(C)C. The van der Waals surface area contributed by atoms with Crippen molar-refractivity contribution in [3.8, 4) is 0 Å². The number of hydrogen-bond acceptors (Lipinski definition) is 7. The molecule has 198 valence electrons. The molecule has 0 bridgehead atoms. The summed E-state index contributed by atoms with van der Waals surface area (Å²) in [6.07, 6.45) is -0.788. The normalized spacial score (nSPS) is 17.7. The van der Waals surface area contributed by atoms with Gasteiger partial charge in [-0.2, -0.15) is 0 Å². The fraction of sp³-hybridized carbons (Fsp3) is 0.955. The van der Waals surface area contributed by atoms with Crippen LogP contribution in [0.5, 0.6) is 0 Å². The highest BCUT2D eigenvalue weighted by Crippen LogP contribution is 2.36. The molecule has 0 fully saturated rings. The Bertz CT molecular complexity index is 565. The van der Waals surface area contributed by atoms with Crippen molar-refractivity contribution in [2.45, 2.75) is 121 Å². The summed E-state index contributed by atoms with van der Waals surface area (Å²) in [6, 6.07) is 0. The predicted molar refractivity (Wildman–Crippen MR) is 159 cm³/mol. The molecular weight excluding hydrogens is 521 g/mol. The summed E-state index contributed by atoms with van der Waals surface area (Å²) in [4.78, 5) is 12.5. The molecule has 0 saturated carbocycles. The monoisotopic (exact) mass is 572 g/mol. The van der Waals surface area contributed by atoms with Crippen LogP contribution in [0.15, 0.2) is 0 Å². The summed E-state index contributed by atoms with van der Waals surface area (Å²) in [5.74, 6) is 1.98. The molecule has 0 radical (unpaired) electrons. The smallest absolute Gasteiger partial charge is 0.184 e. The Kier molecular flexibility index (Phi) is 14.6. The maximum atomic E-state index is 12.5. The van der Waals surface area contributed by atoms with Crippen LogP contribution in [-0.4, -0.2) is 80.1 Å². The van der Waals surface area contributed by atoms with E-state index in [-0.39, 0.29) is 16.8 Å². The van der Waals surface area contributed by atoms with E-state index in [4.69, 9.17) is 17.7 Å². The number of aldehydes is 1. The van der Waals surface area contributed by atoms with E-state index in [2.05, 4.69) is 92.4 Å². The van der Waals surface area contributed by atoms with Crippen molar-refractivity contribution in [3.63, 3.8) is 0 Å². The van der Waals surface area contributed by atoms with Gasteiger partial charge in [-0.15, -0.1) is 23.5 Å². The number of hydrogen-bond donors (Lipinski definition) is 0. The van der Waals surface area contributed by atoms with Crippen molar-refractivity contribution >= 4 is 63.1 Å². The van der Waals surface area contributed by atoms with E-state index in [0.717, 1.165) is 17.8 Å². The first kappa shape index (κ1) is 34.1. The van der Waals surface area contributed by atoms with E-state index in [1.54, 1.807) is 0 Å². The largest absolute Gasteiger partial charge is 0.410 e. The van der Waals surface area contributed by atoms with Crippen molar-refractivity contribution in [1.29, 1.82) is 0 Å². The minimum atomic E-state index is -2.03. The Morgan fingerprint density at radius 1 is 0.576 bits per heavy atom. The molecule has 0 aliphatic heterocycles. The minimum absolute atomic E-state index is 0.188. The van der Waals surface area contributed by atoms with E-state index in [9.17, 15) is 4.79 Å². The lowest BCUT2D eigenvalue weighted by atomic mass is 10.0. The van der Waals surface area contributed by atoms with E-state index in [0.29, 0.717) is 0 Å². The molecule has 0 N–H and O–H groups in total. The quantitative estimate of drug-likeness (QED) is 0.107. The van der Waals surface area contributed by atoms with Crippen molar-refractivity contribution < 1.29 is 22.5 Å². The average molecular weight is 573 g/mol. The molecule has 0 spiro atoms. The molecule has 0 aromatic carbocycles. The maximum Gasteiger partial charge on any atom is 0.184 e. The molecule has 5 nitrogen and oxygen atoms in total. The molecule has 0 rings (SSSR count). The van der Waals surface area contributed by atoms with Crippen molar-refractivity contribution in [2.24, 2.45) is 0 Å². The van der Waals surface area contributed by atoms with Crippen LogP contribution in [-0.2, 0) is 22.5 Å². The van der Waals surface area contributed by atoms with E-state index in [1.165, 1.54) is 0 Å². The van der Waals surface area contributed by atoms with Crippen LogP contribution >= 0.6 is 23.5 Å². The van der Waals surface area contributed by atoms with E-state index >= 15 is 0 Å². The van der Waals surface area contributed by atoms with Gasteiger partial charge in [0.1, 0.15) is 18.5 Å². The van der Waals surface area contributed by atoms with Crippen LogP contribution in [0.4, 0.5) is 0 Å². The van der Waals surface area contributed by atoms with Crippen molar-refractivity contribution in [2.75, 3.05) is 11.5 Å². The topological polar surface area (TPSA) is 54.0 Å². The van der Waals surface area contributed by atoms with Gasteiger partial charge in [-0.3, -0.25) is 0 Å². The highest BCUT2D eigenvalue weighted by atomic mass is 32.2. The van der Waals surface area contributed by atoms with Gasteiger partial charge < -0.3 is 22.5 Å². The van der Waals surface area contributed by atoms with Crippen LogP contribution in [0.1, 0.15) is 13.8 Å². The van der Waals surface area contributed by atoms with Gasteiger partial charge in [0, 0.05) is 0 Å². The van der Waals surface area contributed by atoms with Crippen LogP contribution in [0.3, 0.4) is 0 Å². The summed E-state index contributed by atoms with van der Waals surface area (Å²) in [5, 5.41) is 0. The first-order valence-corrected chi connectivity index (χ1v) is 27.9. The Morgan fingerprint density at radius 3 is 1.21 bits per heavy atom. The zero-order chi connectivity index (χ0) is 26.3. The van der Waals surface area contributed by atoms with Gasteiger partial charge in [0.25, 0.3) is 0 Å². The van der Waals surface area contributed by atoms with Gasteiger partial charge in [0.15, 0.2) is 33.3 Å². The molecular formula is C22H52O5S2Si4. The third-order valence-corrected chi connectivity index (χ3v) is 10.6. The lowest BCUT2D eigenvalue weighted by Gasteiger charge is -2.46. The molecule has 0 aliphatic carbocycles. The summed E-state index contributed by atoms with van der Waals surface area (Å²) < 4.78 is 27.2. The number of carbonyl (C=O) groups is 1. The van der Waals surface area contributed by atoms with Gasteiger partial charge in [0.05, 0.1) is 16.8 Å². The van der Waals surface area contributed by atoms with Crippen LogP contribution in [0, 0.1) is 0 Å². The lowest BCUT2D eigenvalue weighted by molar-refractivity contribution is -0.125. The number of rotatable bonds is 17. The zero-order valence-electron chi connectivity index (χ0n) is 23.7. The number of carbonyl (C=O) groups excluding carboxylic acids is 1. The third kappa shape index (κ3) is 15.7. The molecule has 0 unspecified atom stereocenters. The van der Waals surface area contributed by atoms with Crippen molar-refractivity contribution in [3.05, 3.63) is 0 Å². The molecule has 4 atom stereocenters. The highest BCUT2D eigenvalue weighted by Gasteiger charge is 2.47. The Balaban J connectivity index is 6.79. The van der Waals surface area contributed by atoms with E-state index < -0.39 is 45.5 Å². The Morgan fingerprint density at radius 2 is 0.909 bits per heavy atom. The zero-order valence-corrected chi connectivity index (χ0v) is 29.4. The van der Waals surface area contributed by atoms with Gasteiger partial charge >= 0.3 is 0 Å². The summed E-state index contributed by atoms with van der Waals surface area (Å²) in [7, 11) is -7.99. The first-order chi connectivity index (χ1) is 14.7. The second kappa shape index (κ2) is 14.1. The second-order valence-electron chi connectivity index (χ2n) is 12.2. The fourth-order valence-electron chi connectivity index (χ4n) is 3.29. The van der Waals surface area contributed by atoms with Crippen LogP contribution in [0.25, 0.3) is 0 Å². The minimum Gasteiger partial charge on any atom is -0.410 e. The molecule has 11 heteroatoms. The predicted octanol–water partition coefficient (Wildman–Crippen LogP) is 6.90. The number of thioether (sulfide) groups is 2. The first-order valence-electron chi connectivity index (χ1n) is 12.1. The molecule has 0 aliphatic rings. The van der Waals surface area contributed by atoms with Crippen LogP contribution < -0.4 is 0 Å². The summed E-state index contributed by atoms with van der Waals surface area (Å²) >= 11 is 3.81. The maximum absolute atomic E-state index is 12.5. The van der Waals surface area contributed by atoms with Gasteiger partial charge in [-0.1, -0.05) is 13.8 Å². The lowest BCUT2D eigenvalue weighted by Crippen LogP contribution is -2.60. The average Bonchev–Trinajstić information content (AvgIpc) is 2.57. The fourth-order valence-corrected chi connectivity index (χ4v) is 10.4. The van der Waals surface area contributed by atoms with Gasteiger partial charge in [-0.25, -0.2) is 0 Å². The molecule has 0 saturated heterocycles. The van der Waals surface area contributed by atoms with Crippen LogP contribution in [0.2, 0.25) is 78.6 Å². The molecule has 0 amide bonds. The van der Waals surface area contributed by atoms with Gasteiger partial charge in [0.2, 0.25) is 0 Å². The molecule has 33 heavy (non-hydrogen) atoms. The standard InChI is InChI=1S/C22H52O5S2Si4/c1-15-28-22(29-16-2)21(27-33(12,13)14)20(26-32(9,10)11)19(25-31(6,7)8)18(17-23)24-30(3,4)5/h17-22H,15-16H2,1-14H3/t18-,19+,20+,21-/m1/s1. The summed E-state index contributed by atoms with van der Waals surface area (Å²) in [6.45, 7) is 30.5.